The summed E-state index contributed by atoms with van der Waals surface area (Å²) in [5.74, 6) is 0.997. The SMILES string of the molecule is CCC(C)CCCCCCCCCCCCCCCCCCCCC(=O)OC[C@H](COP(=O)(O)OC[C@@H](O)COP(=O)(O)OC[C@@H](COC(=O)CCCCCCCCC(C)CC)OC(=O)CCCCCCCCCCCCCCCCC(C)CC)OC(=O)CCCCCCCCC(C)C. The van der Waals surface area contributed by atoms with Gasteiger partial charge in [0.15, 0.2) is 12.2 Å². The molecule has 99 heavy (non-hydrogen) atoms. The Morgan fingerprint density at radius 2 is 0.485 bits per heavy atom. The molecule has 0 aromatic carbocycles. The Kier molecular flexibility index (Phi) is 67.8. The lowest BCUT2D eigenvalue weighted by Gasteiger charge is -2.21. The largest absolute Gasteiger partial charge is 0.472 e. The fourth-order valence-electron chi connectivity index (χ4n) is 12.2. The Bertz CT molecular complexity index is 1940. The van der Waals surface area contributed by atoms with Gasteiger partial charge in [0.05, 0.1) is 26.4 Å². The Balaban J connectivity index is 5.11. The summed E-state index contributed by atoms with van der Waals surface area (Å²) in [7, 11) is -9.92. The van der Waals surface area contributed by atoms with Gasteiger partial charge in [-0.25, -0.2) is 9.13 Å². The van der Waals surface area contributed by atoms with Crippen molar-refractivity contribution in [3.05, 3.63) is 0 Å². The number of unbranched alkanes of at least 4 members (excludes halogenated alkanes) is 40. The molecule has 588 valence electrons. The van der Waals surface area contributed by atoms with Crippen LogP contribution >= 0.6 is 15.6 Å². The Morgan fingerprint density at radius 1 is 0.283 bits per heavy atom. The molecular weight excluding hydrogens is 1290 g/mol. The topological polar surface area (TPSA) is 237 Å². The van der Waals surface area contributed by atoms with E-state index in [0.29, 0.717) is 31.6 Å². The quantitative estimate of drug-likeness (QED) is 0.0222. The molecule has 0 heterocycles. The van der Waals surface area contributed by atoms with Crippen LogP contribution in [-0.4, -0.2) is 96.7 Å². The molecule has 0 saturated heterocycles. The summed E-state index contributed by atoms with van der Waals surface area (Å²) < 4.78 is 68.5. The number of carbonyl (C=O) groups is 4. The second-order valence-electron chi connectivity index (χ2n) is 30.0. The third kappa shape index (κ3) is 70.2. The Labute approximate surface area is 607 Å². The summed E-state index contributed by atoms with van der Waals surface area (Å²) in [5.41, 5.74) is 0. The van der Waals surface area contributed by atoms with Crippen LogP contribution in [0.2, 0.25) is 0 Å². The van der Waals surface area contributed by atoms with Crippen molar-refractivity contribution in [3.8, 4) is 0 Å². The van der Waals surface area contributed by atoms with Gasteiger partial charge in [-0.3, -0.25) is 37.3 Å². The summed E-state index contributed by atoms with van der Waals surface area (Å²) in [5, 5.41) is 10.6. The fourth-order valence-corrected chi connectivity index (χ4v) is 13.7. The van der Waals surface area contributed by atoms with Crippen molar-refractivity contribution in [1.29, 1.82) is 0 Å². The van der Waals surface area contributed by atoms with Crippen LogP contribution < -0.4 is 0 Å². The summed E-state index contributed by atoms with van der Waals surface area (Å²) in [6.45, 7) is 14.2. The molecule has 3 N–H and O–H groups in total. The molecule has 0 radical (unpaired) electrons. The zero-order chi connectivity index (χ0) is 73.1. The minimum Gasteiger partial charge on any atom is -0.462 e. The first kappa shape index (κ1) is 97.1. The van der Waals surface area contributed by atoms with Gasteiger partial charge in [-0.05, 0) is 49.4 Å². The molecule has 0 rings (SSSR count). The maximum absolute atomic E-state index is 13.1. The summed E-state index contributed by atoms with van der Waals surface area (Å²) in [4.78, 5) is 72.8. The lowest BCUT2D eigenvalue weighted by molar-refractivity contribution is -0.161. The van der Waals surface area contributed by atoms with E-state index in [1.165, 1.54) is 205 Å². The van der Waals surface area contributed by atoms with Crippen molar-refractivity contribution in [2.75, 3.05) is 39.6 Å². The van der Waals surface area contributed by atoms with E-state index in [-0.39, 0.29) is 25.7 Å². The predicted octanol–water partition coefficient (Wildman–Crippen LogP) is 23.6. The Morgan fingerprint density at radius 3 is 0.717 bits per heavy atom. The van der Waals surface area contributed by atoms with Crippen LogP contribution in [0.3, 0.4) is 0 Å². The minimum absolute atomic E-state index is 0.102. The molecule has 0 fully saturated rings. The van der Waals surface area contributed by atoms with Crippen molar-refractivity contribution >= 4 is 39.5 Å². The molecular formula is C80H156O17P2. The first-order valence-electron chi connectivity index (χ1n) is 41.3. The maximum Gasteiger partial charge on any atom is 0.472 e. The number of hydrogen-bond acceptors (Lipinski definition) is 15. The molecule has 0 aromatic heterocycles. The van der Waals surface area contributed by atoms with E-state index < -0.39 is 97.5 Å². The van der Waals surface area contributed by atoms with Crippen LogP contribution in [0.1, 0.15) is 409 Å². The van der Waals surface area contributed by atoms with Gasteiger partial charge in [0.1, 0.15) is 19.3 Å². The van der Waals surface area contributed by atoms with E-state index in [1.807, 2.05) is 0 Å². The number of aliphatic hydroxyl groups is 1. The lowest BCUT2D eigenvalue weighted by atomic mass is 9.99. The molecule has 0 aliphatic carbocycles. The molecule has 0 aromatic rings. The van der Waals surface area contributed by atoms with E-state index in [9.17, 15) is 43.2 Å². The Hall–Kier alpha value is -1.94. The molecule has 19 heteroatoms. The van der Waals surface area contributed by atoms with Crippen LogP contribution in [-0.2, 0) is 65.4 Å². The first-order chi connectivity index (χ1) is 47.7. The van der Waals surface area contributed by atoms with Gasteiger partial charge in [-0.15, -0.1) is 0 Å². The summed E-state index contributed by atoms with van der Waals surface area (Å²) in [6.07, 6.45) is 55.8. The summed E-state index contributed by atoms with van der Waals surface area (Å²) >= 11 is 0. The van der Waals surface area contributed by atoms with E-state index in [0.717, 1.165) is 114 Å². The maximum atomic E-state index is 13.1. The normalized spacial score (nSPS) is 14.9. The van der Waals surface area contributed by atoms with Crippen LogP contribution in [0.25, 0.3) is 0 Å². The molecule has 0 spiro atoms. The van der Waals surface area contributed by atoms with Crippen molar-refractivity contribution < 1.29 is 80.2 Å². The summed E-state index contributed by atoms with van der Waals surface area (Å²) in [6, 6.07) is 0. The van der Waals surface area contributed by atoms with Crippen LogP contribution in [0, 0.1) is 23.7 Å². The highest BCUT2D eigenvalue weighted by atomic mass is 31.2. The van der Waals surface area contributed by atoms with Crippen molar-refractivity contribution in [2.24, 2.45) is 23.7 Å². The van der Waals surface area contributed by atoms with Gasteiger partial charge in [0.25, 0.3) is 0 Å². The number of esters is 4. The van der Waals surface area contributed by atoms with Crippen LogP contribution in [0.15, 0.2) is 0 Å². The molecule has 0 saturated carbocycles. The number of rotatable bonds is 77. The monoisotopic (exact) mass is 1450 g/mol. The van der Waals surface area contributed by atoms with Gasteiger partial charge in [0, 0.05) is 25.7 Å². The van der Waals surface area contributed by atoms with Crippen LogP contribution in [0.4, 0.5) is 0 Å². The standard InChI is InChI=1S/C80H156O17P2/c1-9-71(6)57-49-41-32-28-24-20-16-14-12-13-15-17-22-26-30-34-44-52-60-77(82)90-66-76(97-80(85)63-55-47-38-36-40-48-56-70(4)5)69-95-99(88,89)93-65-74(81)64-92-98(86,87)94-68-75(67-91-78(83)61-53-45-39-37-43-51-59-73(8)11-3)96-79(84)62-54-46-35-31-27-23-19-18-21-25-29-33-42-50-58-72(7)10-2/h70-76,81H,9-69H2,1-8H3,(H,86,87)(H,88,89)/t71?,72?,73?,74-,75+,76+/m0/s1. The number of ether oxygens (including phenoxy) is 4. The second-order valence-corrected chi connectivity index (χ2v) is 32.9. The molecule has 17 nitrogen and oxygen atoms in total. The van der Waals surface area contributed by atoms with Gasteiger partial charge in [-0.2, -0.15) is 0 Å². The van der Waals surface area contributed by atoms with Crippen LogP contribution in [0.5, 0.6) is 0 Å². The highest BCUT2D eigenvalue weighted by Gasteiger charge is 2.30. The van der Waals surface area contributed by atoms with E-state index in [1.54, 1.807) is 0 Å². The number of phosphoric acid groups is 2. The third-order valence-corrected chi connectivity index (χ3v) is 21.6. The average molecular weight is 1450 g/mol. The zero-order valence-corrected chi connectivity index (χ0v) is 66.9. The third-order valence-electron chi connectivity index (χ3n) is 19.7. The molecule has 5 unspecified atom stereocenters. The van der Waals surface area contributed by atoms with E-state index in [4.69, 9.17) is 37.0 Å². The van der Waals surface area contributed by atoms with Crippen molar-refractivity contribution in [3.63, 3.8) is 0 Å². The molecule has 0 amide bonds. The molecule has 0 aliphatic heterocycles. The number of aliphatic hydroxyl groups excluding tert-OH is 1. The fraction of sp³-hybridized carbons (Fsp3) is 0.950. The number of hydrogen-bond donors (Lipinski definition) is 3. The highest BCUT2D eigenvalue weighted by Crippen LogP contribution is 2.45. The lowest BCUT2D eigenvalue weighted by Crippen LogP contribution is -2.30. The van der Waals surface area contributed by atoms with Crippen molar-refractivity contribution in [1.82, 2.24) is 0 Å². The van der Waals surface area contributed by atoms with Crippen molar-refractivity contribution in [2.45, 2.75) is 427 Å². The minimum atomic E-state index is -4.96. The number of carbonyl (C=O) groups excluding carboxylic acids is 4. The van der Waals surface area contributed by atoms with Gasteiger partial charge in [0.2, 0.25) is 0 Å². The van der Waals surface area contributed by atoms with Gasteiger partial charge in [-0.1, -0.05) is 357 Å². The molecule has 0 aliphatic rings. The smallest absolute Gasteiger partial charge is 0.462 e. The number of phosphoric ester groups is 2. The molecule has 8 atom stereocenters. The highest BCUT2D eigenvalue weighted by molar-refractivity contribution is 7.47. The zero-order valence-electron chi connectivity index (χ0n) is 65.1. The van der Waals surface area contributed by atoms with Gasteiger partial charge >= 0.3 is 39.5 Å². The van der Waals surface area contributed by atoms with E-state index in [2.05, 4.69) is 55.4 Å². The van der Waals surface area contributed by atoms with Gasteiger partial charge < -0.3 is 33.8 Å². The predicted molar refractivity (Wildman–Crippen MR) is 404 cm³/mol. The second kappa shape index (κ2) is 69.1. The van der Waals surface area contributed by atoms with E-state index >= 15 is 0 Å². The first-order valence-corrected chi connectivity index (χ1v) is 44.3. The average Bonchev–Trinajstić information content (AvgIpc) is 1.06. The molecule has 0 bridgehead atoms.